The molecule has 0 bridgehead atoms. The van der Waals surface area contributed by atoms with Gasteiger partial charge in [0.15, 0.2) is 17.1 Å². The van der Waals surface area contributed by atoms with E-state index >= 15 is 0 Å². The van der Waals surface area contributed by atoms with Gasteiger partial charge in [-0.3, -0.25) is 0 Å². The first kappa shape index (κ1) is 18.5. The minimum Gasteiger partial charge on any atom is -0.550 e. The summed E-state index contributed by atoms with van der Waals surface area (Å²) in [6, 6.07) is 12.7. The van der Waals surface area contributed by atoms with E-state index in [0.29, 0.717) is 34.8 Å². The Morgan fingerprint density at radius 1 is 1.22 bits per heavy atom. The molecule has 0 aliphatic rings. The molecule has 0 atom stereocenters. The Bertz CT molecular complexity index is 941. The maximum atomic E-state index is 11.2. The number of aliphatic carboxylic acids is 1. The number of benzene rings is 2. The Morgan fingerprint density at radius 2 is 2.04 bits per heavy atom. The van der Waals surface area contributed by atoms with Crippen LogP contribution in [0.5, 0.6) is 11.5 Å². The van der Waals surface area contributed by atoms with E-state index in [-0.39, 0.29) is 12.3 Å². The summed E-state index contributed by atoms with van der Waals surface area (Å²) in [5.41, 5.74) is 2.43. The monoisotopic (exact) mass is 366 g/mol. The molecule has 27 heavy (non-hydrogen) atoms. The molecule has 0 spiro atoms. The minimum atomic E-state index is -1.21. The third kappa shape index (κ3) is 4.47. The van der Waals surface area contributed by atoms with E-state index in [9.17, 15) is 9.90 Å². The lowest BCUT2D eigenvalue weighted by molar-refractivity contribution is -0.304. The van der Waals surface area contributed by atoms with E-state index in [4.69, 9.17) is 13.9 Å². The lowest BCUT2D eigenvalue weighted by atomic mass is 10.1. The molecule has 3 rings (SSSR count). The summed E-state index contributed by atoms with van der Waals surface area (Å²) < 4.78 is 16.7. The molecule has 2 aromatic carbocycles. The largest absolute Gasteiger partial charge is 0.550 e. The molecule has 0 radical (unpaired) electrons. The number of hydrogen-bond donors (Lipinski definition) is 0. The van der Waals surface area contributed by atoms with Gasteiger partial charge in [-0.1, -0.05) is 25.1 Å². The van der Waals surface area contributed by atoms with Gasteiger partial charge in [0, 0.05) is 18.0 Å². The molecule has 0 amide bonds. The summed E-state index contributed by atoms with van der Waals surface area (Å²) >= 11 is 0. The van der Waals surface area contributed by atoms with Crippen LogP contribution in [0, 0.1) is 0 Å². The van der Waals surface area contributed by atoms with Crippen molar-refractivity contribution in [1.82, 2.24) is 4.98 Å². The van der Waals surface area contributed by atoms with Crippen molar-refractivity contribution < 1.29 is 23.8 Å². The van der Waals surface area contributed by atoms with Gasteiger partial charge in [-0.2, -0.15) is 0 Å². The SMILES string of the molecule is CCCOc1cc(/C=C(\CC(=O)[O-])c2nc3ccccc3o2)ccc1OC. The number of rotatable bonds is 8. The molecule has 1 heterocycles. The van der Waals surface area contributed by atoms with Crippen molar-refractivity contribution in [2.24, 2.45) is 0 Å². The number of hydrogen-bond acceptors (Lipinski definition) is 6. The Kier molecular flexibility index (Phi) is 5.76. The molecule has 0 aliphatic carbocycles. The second kappa shape index (κ2) is 8.40. The predicted molar refractivity (Wildman–Crippen MR) is 100 cm³/mol. The molecule has 1 aromatic heterocycles. The number of ether oxygens (including phenoxy) is 2. The van der Waals surface area contributed by atoms with Gasteiger partial charge in [-0.25, -0.2) is 4.98 Å². The van der Waals surface area contributed by atoms with Crippen LogP contribution in [-0.4, -0.2) is 24.7 Å². The zero-order valence-corrected chi connectivity index (χ0v) is 15.2. The van der Waals surface area contributed by atoms with Crippen LogP contribution in [0.15, 0.2) is 46.9 Å². The summed E-state index contributed by atoms with van der Waals surface area (Å²) in [5, 5.41) is 11.2. The maximum absolute atomic E-state index is 11.2. The highest BCUT2D eigenvalue weighted by Gasteiger charge is 2.12. The Morgan fingerprint density at radius 3 is 2.74 bits per heavy atom. The van der Waals surface area contributed by atoms with Crippen LogP contribution in [0.25, 0.3) is 22.7 Å². The maximum Gasteiger partial charge on any atom is 0.223 e. The molecular formula is C21H20NO5-. The average Bonchev–Trinajstić information content (AvgIpc) is 3.10. The van der Waals surface area contributed by atoms with Crippen LogP contribution in [0.1, 0.15) is 31.2 Å². The summed E-state index contributed by atoms with van der Waals surface area (Å²) in [6.45, 7) is 2.57. The molecule has 3 aromatic rings. The van der Waals surface area contributed by atoms with Gasteiger partial charge in [0.2, 0.25) is 5.89 Å². The van der Waals surface area contributed by atoms with E-state index in [1.807, 2.05) is 31.2 Å². The first-order valence-electron chi connectivity index (χ1n) is 8.68. The lowest BCUT2D eigenvalue weighted by Gasteiger charge is -2.11. The zero-order valence-electron chi connectivity index (χ0n) is 15.2. The van der Waals surface area contributed by atoms with Crippen molar-refractivity contribution in [3.63, 3.8) is 0 Å². The summed E-state index contributed by atoms with van der Waals surface area (Å²) in [7, 11) is 1.57. The first-order valence-corrected chi connectivity index (χ1v) is 8.68. The molecule has 6 heteroatoms. The van der Waals surface area contributed by atoms with Gasteiger partial charge >= 0.3 is 0 Å². The highest BCUT2D eigenvalue weighted by Crippen LogP contribution is 2.31. The first-order chi connectivity index (χ1) is 13.1. The molecule has 0 fully saturated rings. The fourth-order valence-electron chi connectivity index (χ4n) is 2.66. The molecule has 0 N–H and O–H groups in total. The molecule has 0 unspecified atom stereocenters. The van der Waals surface area contributed by atoms with Crippen molar-refractivity contribution in [3.05, 3.63) is 53.9 Å². The lowest BCUT2D eigenvalue weighted by Crippen LogP contribution is -2.22. The number of carbonyl (C=O) groups excluding carboxylic acids is 1. The number of methoxy groups -OCH3 is 1. The molecule has 0 saturated heterocycles. The van der Waals surface area contributed by atoms with Crippen molar-refractivity contribution in [2.75, 3.05) is 13.7 Å². The van der Waals surface area contributed by atoms with E-state index < -0.39 is 5.97 Å². The van der Waals surface area contributed by atoms with Crippen molar-refractivity contribution in [2.45, 2.75) is 19.8 Å². The number of fused-ring (bicyclic) bond motifs is 1. The summed E-state index contributed by atoms with van der Waals surface area (Å²) in [5.74, 6) is 0.258. The molecule has 6 nitrogen and oxygen atoms in total. The highest BCUT2D eigenvalue weighted by atomic mass is 16.5. The quantitative estimate of drug-likeness (QED) is 0.608. The van der Waals surface area contributed by atoms with E-state index in [1.165, 1.54) is 0 Å². The number of nitrogens with zero attached hydrogens (tertiary/aromatic N) is 1. The fraction of sp³-hybridized carbons (Fsp3) is 0.238. The Balaban J connectivity index is 2.01. The van der Waals surface area contributed by atoms with E-state index in [1.54, 1.807) is 31.4 Å². The zero-order chi connectivity index (χ0) is 19.2. The van der Waals surface area contributed by atoms with Crippen LogP contribution in [0.4, 0.5) is 0 Å². The van der Waals surface area contributed by atoms with Gasteiger partial charge in [-0.05, 0) is 42.3 Å². The predicted octanol–water partition coefficient (Wildman–Crippen LogP) is 3.31. The second-order valence-electron chi connectivity index (χ2n) is 5.96. The normalized spacial score (nSPS) is 11.6. The van der Waals surface area contributed by atoms with Crippen LogP contribution >= 0.6 is 0 Å². The topological polar surface area (TPSA) is 84.6 Å². The van der Waals surface area contributed by atoms with E-state index in [0.717, 1.165) is 12.0 Å². The van der Waals surface area contributed by atoms with E-state index in [2.05, 4.69) is 4.98 Å². The standard InChI is InChI=1S/C21H21NO5/c1-3-10-26-19-12-14(8-9-18(19)25-2)11-15(13-20(23)24)21-22-16-6-4-5-7-17(16)27-21/h4-9,11-12H,3,10,13H2,1-2H3,(H,23,24)/p-1/b15-11+. The van der Waals surface area contributed by atoms with Crippen molar-refractivity contribution in [3.8, 4) is 11.5 Å². The van der Waals surface area contributed by atoms with Gasteiger partial charge in [0.1, 0.15) is 5.52 Å². The molecular weight excluding hydrogens is 346 g/mol. The van der Waals surface area contributed by atoms with Crippen LogP contribution < -0.4 is 14.6 Å². The summed E-state index contributed by atoms with van der Waals surface area (Å²) in [6.07, 6.45) is 2.25. The highest BCUT2D eigenvalue weighted by molar-refractivity contribution is 5.90. The smallest absolute Gasteiger partial charge is 0.223 e. The van der Waals surface area contributed by atoms with Gasteiger partial charge < -0.3 is 23.8 Å². The number of carbonyl (C=O) groups is 1. The van der Waals surface area contributed by atoms with Crippen molar-refractivity contribution in [1.29, 1.82) is 0 Å². The van der Waals surface area contributed by atoms with Crippen LogP contribution in [0.3, 0.4) is 0 Å². The van der Waals surface area contributed by atoms with Crippen molar-refractivity contribution >= 4 is 28.7 Å². The third-order valence-corrected chi connectivity index (χ3v) is 3.89. The molecule has 140 valence electrons. The van der Waals surface area contributed by atoms with Crippen LogP contribution in [0.2, 0.25) is 0 Å². The van der Waals surface area contributed by atoms with Crippen LogP contribution in [-0.2, 0) is 4.79 Å². The molecule has 0 saturated carbocycles. The second-order valence-corrected chi connectivity index (χ2v) is 5.96. The third-order valence-electron chi connectivity index (χ3n) is 3.89. The number of para-hydroxylation sites is 2. The molecule has 0 aliphatic heterocycles. The fourth-order valence-corrected chi connectivity index (χ4v) is 2.66. The van der Waals surface area contributed by atoms with Gasteiger partial charge in [0.05, 0.1) is 13.7 Å². The average molecular weight is 366 g/mol. The van der Waals surface area contributed by atoms with Gasteiger partial charge in [0.25, 0.3) is 0 Å². The number of carboxylic acids is 1. The Hall–Kier alpha value is -3.28. The number of oxazole rings is 1. The summed E-state index contributed by atoms with van der Waals surface area (Å²) in [4.78, 5) is 15.6. The minimum absolute atomic E-state index is 0.257. The Labute approximate surface area is 157 Å². The van der Waals surface area contributed by atoms with Gasteiger partial charge in [-0.15, -0.1) is 0 Å². The number of aromatic nitrogens is 1. The number of carboxylic acid groups (broad SMARTS) is 1.